The predicted octanol–water partition coefficient (Wildman–Crippen LogP) is 1.18. The number of aromatic nitrogens is 1. The molecular weight excluding hydrogens is 226 g/mol. The highest BCUT2D eigenvalue weighted by molar-refractivity contribution is 5.79. The SMILES string of the molecule is O=C(NC1CC1)C1CCN(Cc2cccnc2)C1. The molecule has 0 spiro atoms. The molecule has 0 bridgehead atoms. The van der Waals surface area contributed by atoms with Crippen molar-refractivity contribution >= 4 is 5.91 Å². The van der Waals surface area contributed by atoms with E-state index in [-0.39, 0.29) is 11.8 Å². The summed E-state index contributed by atoms with van der Waals surface area (Å²) in [6.07, 6.45) is 7.01. The molecular formula is C14H19N3O. The fourth-order valence-electron chi connectivity index (χ4n) is 2.49. The number of nitrogens with zero attached hydrogens (tertiary/aromatic N) is 2. The van der Waals surface area contributed by atoms with Gasteiger partial charge in [-0.3, -0.25) is 14.7 Å². The van der Waals surface area contributed by atoms with Crippen molar-refractivity contribution in [1.29, 1.82) is 0 Å². The lowest BCUT2D eigenvalue weighted by Gasteiger charge is -2.15. The van der Waals surface area contributed by atoms with Crippen LogP contribution >= 0.6 is 0 Å². The molecule has 1 amide bonds. The van der Waals surface area contributed by atoms with Gasteiger partial charge in [-0.25, -0.2) is 0 Å². The molecule has 96 valence electrons. The topological polar surface area (TPSA) is 45.2 Å². The van der Waals surface area contributed by atoms with Gasteiger partial charge in [0.15, 0.2) is 0 Å². The minimum absolute atomic E-state index is 0.183. The van der Waals surface area contributed by atoms with Crippen molar-refractivity contribution in [2.75, 3.05) is 13.1 Å². The van der Waals surface area contributed by atoms with Crippen molar-refractivity contribution in [3.63, 3.8) is 0 Å². The van der Waals surface area contributed by atoms with Crippen LogP contribution in [-0.2, 0) is 11.3 Å². The second-order valence-corrected chi connectivity index (χ2v) is 5.36. The first kappa shape index (κ1) is 11.7. The number of rotatable bonds is 4. The van der Waals surface area contributed by atoms with E-state index in [1.807, 2.05) is 12.3 Å². The Bertz CT molecular complexity index is 416. The number of pyridine rings is 1. The summed E-state index contributed by atoms with van der Waals surface area (Å²) >= 11 is 0. The lowest BCUT2D eigenvalue weighted by molar-refractivity contribution is -0.124. The molecule has 1 unspecified atom stereocenters. The van der Waals surface area contributed by atoms with Crippen LogP contribution in [0.25, 0.3) is 0 Å². The molecule has 2 heterocycles. The molecule has 0 aromatic carbocycles. The first-order valence-electron chi connectivity index (χ1n) is 6.73. The maximum absolute atomic E-state index is 11.9. The average Bonchev–Trinajstić information content (AvgIpc) is 3.07. The summed E-state index contributed by atoms with van der Waals surface area (Å²) in [7, 11) is 0. The number of carbonyl (C=O) groups is 1. The van der Waals surface area contributed by atoms with E-state index >= 15 is 0 Å². The lowest BCUT2D eigenvalue weighted by Crippen LogP contribution is -2.34. The quantitative estimate of drug-likeness (QED) is 0.866. The third-order valence-electron chi connectivity index (χ3n) is 3.70. The molecule has 0 radical (unpaired) electrons. The number of hydrogen-bond donors (Lipinski definition) is 1. The van der Waals surface area contributed by atoms with Gasteiger partial charge in [0.25, 0.3) is 0 Å². The van der Waals surface area contributed by atoms with E-state index in [0.717, 1.165) is 38.9 Å². The average molecular weight is 245 g/mol. The van der Waals surface area contributed by atoms with Gasteiger partial charge >= 0.3 is 0 Å². The summed E-state index contributed by atoms with van der Waals surface area (Å²) in [6.45, 7) is 2.80. The van der Waals surface area contributed by atoms with Crippen molar-refractivity contribution < 1.29 is 4.79 Å². The van der Waals surface area contributed by atoms with Crippen LogP contribution < -0.4 is 5.32 Å². The van der Waals surface area contributed by atoms with Crippen molar-refractivity contribution in [2.24, 2.45) is 5.92 Å². The van der Waals surface area contributed by atoms with Gasteiger partial charge in [-0.15, -0.1) is 0 Å². The third kappa shape index (κ3) is 2.88. The predicted molar refractivity (Wildman–Crippen MR) is 68.8 cm³/mol. The van der Waals surface area contributed by atoms with E-state index < -0.39 is 0 Å². The first-order valence-corrected chi connectivity index (χ1v) is 6.73. The van der Waals surface area contributed by atoms with Crippen molar-refractivity contribution in [2.45, 2.75) is 31.8 Å². The van der Waals surface area contributed by atoms with Crippen LogP contribution in [0.4, 0.5) is 0 Å². The van der Waals surface area contributed by atoms with Crippen LogP contribution in [0, 0.1) is 5.92 Å². The van der Waals surface area contributed by atoms with E-state index in [9.17, 15) is 4.79 Å². The Labute approximate surface area is 107 Å². The Morgan fingerprint density at radius 3 is 3.06 bits per heavy atom. The van der Waals surface area contributed by atoms with Gasteiger partial charge in [-0.2, -0.15) is 0 Å². The molecule has 4 heteroatoms. The highest BCUT2D eigenvalue weighted by Gasteiger charge is 2.31. The molecule has 2 aliphatic rings. The fraction of sp³-hybridized carbons (Fsp3) is 0.571. The van der Waals surface area contributed by atoms with Gasteiger partial charge < -0.3 is 5.32 Å². The van der Waals surface area contributed by atoms with Crippen LogP contribution in [0.5, 0.6) is 0 Å². The molecule has 1 aromatic rings. The van der Waals surface area contributed by atoms with Crippen molar-refractivity contribution in [1.82, 2.24) is 15.2 Å². The van der Waals surface area contributed by atoms with Crippen LogP contribution in [0.3, 0.4) is 0 Å². The number of nitrogens with one attached hydrogen (secondary N) is 1. The van der Waals surface area contributed by atoms with Gasteiger partial charge in [-0.1, -0.05) is 6.07 Å². The van der Waals surface area contributed by atoms with Crippen LogP contribution in [-0.4, -0.2) is 34.9 Å². The molecule has 1 saturated carbocycles. The van der Waals surface area contributed by atoms with E-state index in [2.05, 4.69) is 21.3 Å². The van der Waals surface area contributed by atoms with Gasteiger partial charge in [-0.05, 0) is 37.4 Å². The minimum Gasteiger partial charge on any atom is -0.353 e. The Hall–Kier alpha value is -1.42. The Morgan fingerprint density at radius 2 is 2.33 bits per heavy atom. The molecule has 3 rings (SSSR count). The molecule has 1 saturated heterocycles. The van der Waals surface area contributed by atoms with E-state index in [0.29, 0.717) is 6.04 Å². The zero-order chi connectivity index (χ0) is 12.4. The summed E-state index contributed by atoms with van der Waals surface area (Å²) in [4.78, 5) is 18.4. The number of hydrogen-bond acceptors (Lipinski definition) is 3. The summed E-state index contributed by atoms with van der Waals surface area (Å²) in [5, 5.41) is 3.10. The monoisotopic (exact) mass is 245 g/mol. The highest BCUT2D eigenvalue weighted by Crippen LogP contribution is 2.22. The first-order chi connectivity index (χ1) is 8.81. The number of likely N-dealkylation sites (tertiary alicyclic amines) is 1. The summed E-state index contributed by atoms with van der Waals surface area (Å²) in [5.41, 5.74) is 1.22. The van der Waals surface area contributed by atoms with Crippen LogP contribution in [0.1, 0.15) is 24.8 Å². The van der Waals surface area contributed by atoms with E-state index in [4.69, 9.17) is 0 Å². The van der Waals surface area contributed by atoms with E-state index in [1.54, 1.807) is 6.20 Å². The van der Waals surface area contributed by atoms with Crippen LogP contribution in [0.2, 0.25) is 0 Å². The maximum Gasteiger partial charge on any atom is 0.224 e. The Morgan fingerprint density at radius 1 is 1.44 bits per heavy atom. The smallest absolute Gasteiger partial charge is 0.224 e. The molecule has 1 aliphatic carbocycles. The summed E-state index contributed by atoms with van der Waals surface area (Å²) < 4.78 is 0. The van der Waals surface area contributed by atoms with Gasteiger partial charge in [0.05, 0.1) is 5.92 Å². The molecule has 4 nitrogen and oxygen atoms in total. The lowest BCUT2D eigenvalue weighted by atomic mass is 10.1. The molecule has 1 aliphatic heterocycles. The Balaban J connectivity index is 1.50. The van der Waals surface area contributed by atoms with Gasteiger partial charge in [0.1, 0.15) is 0 Å². The molecule has 1 N–H and O–H groups in total. The molecule has 2 fully saturated rings. The van der Waals surface area contributed by atoms with E-state index in [1.165, 1.54) is 5.56 Å². The van der Waals surface area contributed by atoms with Crippen molar-refractivity contribution in [3.05, 3.63) is 30.1 Å². The van der Waals surface area contributed by atoms with Gasteiger partial charge in [0.2, 0.25) is 5.91 Å². The maximum atomic E-state index is 11.9. The fourth-order valence-corrected chi connectivity index (χ4v) is 2.49. The Kier molecular flexibility index (Phi) is 3.28. The zero-order valence-corrected chi connectivity index (χ0v) is 10.5. The summed E-state index contributed by atoms with van der Waals surface area (Å²) in [5.74, 6) is 0.438. The third-order valence-corrected chi connectivity index (χ3v) is 3.70. The normalized spacial score (nSPS) is 24.1. The number of amides is 1. The van der Waals surface area contributed by atoms with Crippen molar-refractivity contribution in [3.8, 4) is 0 Å². The number of carbonyl (C=O) groups excluding carboxylic acids is 1. The standard InChI is InChI=1S/C14H19N3O/c18-14(16-13-3-4-13)12-5-7-17(10-12)9-11-2-1-6-15-8-11/h1-2,6,8,12-13H,3-5,7,9-10H2,(H,16,18). The highest BCUT2D eigenvalue weighted by atomic mass is 16.2. The molecule has 1 aromatic heterocycles. The molecule has 1 atom stereocenters. The van der Waals surface area contributed by atoms with Crippen LogP contribution in [0.15, 0.2) is 24.5 Å². The molecule has 18 heavy (non-hydrogen) atoms. The largest absolute Gasteiger partial charge is 0.353 e. The summed E-state index contributed by atoms with van der Waals surface area (Å²) in [6, 6.07) is 4.53. The minimum atomic E-state index is 0.183. The zero-order valence-electron chi connectivity index (χ0n) is 10.5. The van der Waals surface area contributed by atoms with Gasteiger partial charge in [0, 0.05) is 31.5 Å². The second-order valence-electron chi connectivity index (χ2n) is 5.36. The second kappa shape index (κ2) is 5.06.